The van der Waals surface area contributed by atoms with Gasteiger partial charge in [0.1, 0.15) is 5.78 Å². The van der Waals surface area contributed by atoms with Crippen molar-refractivity contribution < 1.29 is 14.3 Å². The van der Waals surface area contributed by atoms with E-state index in [1.165, 1.54) is 0 Å². The number of benzene rings is 1. The lowest BCUT2D eigenvalue weighted by atomic mass is 10.1. The average molecular weight is 346 g/mol. The highest BCUT2D eigenvalue weighted by molar-refractivity contribution is 14.1. The highest BCUT2D eigenvalue weighted by atomic mass is 127. The third-order valence-electron chi connectivity index (χ3n) is 2.25. The quantitative estimate of drug-likeness (QED) is 0.330. The first-order chi connectivity index (χ1) is 8.13. The molecule has 0 aliphatic carbocycles. The molecular weight excluding hydrogens is 331 g/mol. The van der Waals surface area contributed by atoms with Gasteiger partial charge >= 0.3 is 0 Å². The third kappa shape index (κ3) is 5.41. The van der Waals surface area contributed by atoms with Gasteiger partial charge in [0.05, 0.1) is 13.0 Å². The van der Waals surface area contributed by atoms with Gasteiger partial charge in [-0.3, -0.25) is 9.59 Å². The fourth-order valence-corrected chi connectivity index (χ4v) is 1.70. The Hall–Kier alpha value is -0.750. The van der Waals surface area contributed by atoms with E-state index in [4.69, 9.17) is 4.74 Å². The van der Waals surface area contributed by atoms with Gasteiger partial charge in [-0.2, -0.15) is 0 Å². The lowest BCUT2D eigenvalue weighted by Crippen LogP contribution is -2.10. The van der Waals surface area contributed by atoms with E-state index in [-0.39, 0.29) is 18.0 Å². The molecule has 4 heteroatoms. The van der Waals surface area contributed by atoms with Gasteiger partial charge < -0.3 is 4.74 Å². The zero-order valence-electron chi connectivity index (χ0n) is 9.74. The van der Waals surface area contributed by atoms with Crippen LogP contribution in [0.2, 0.25) is 0 Å². The molecule has 3 nitrogen and oxygen atoms in total. The summed E-state index contributed by atoms with van der Waals surface area (Å²) in [4.78, 5) is 23.2. The number of hydrogen-bond acceptors (Lipinski definition) is 3. The number of halogens is 1. The first kappa shape index (κ1) is 14.3. The van der Waals surface area contributed by atoms with Crippen molar-refractivity contribution >= 4 is 34.2 Å². The average Bonchev–Trinajstić information content (AvgIpc) is 2.30. The van der Waals surface area contributed by atoms with Gasteiger partial charge in [-0.05, 0) is 41.6 Å². The van der Waals surface area contributed by atoms with Crippen LogP contribution in [0.1, 0.15) is 30.1 Å². The van der Waals surface area contributed by atoms with Gasteiger partial charge in [-0.25, -0.2) is 0 Å². The highest BCUT2D eigenvalue weighted by Gasteiger charge is 2.11. The summed E-state index contributed by atoms with van der Waals surface area (Å²) in [6.45, 7) is 2.87. The molecule has 1 aromatic carbocycles. The smallest absolute Gasteiger partial charge is 0.170 e. The maximum atomic E-state index is 11.7. The summed E-state index contributed by atoms with van der Waals surface area (Å²) >= 11 is 2.17. The predicted molar refractivity (Wildman–Crippen MR) is 74.2 cm³/mol. The number of hydrogen-bond donors (Lipinski definition) is 0. The summed E-state index contributed by atoms with van der Waals surface area (Å²) in [6.07, 6.45) is 0.275. The van der Waals surface area contributed by atoms with Crippen LogP contribution >= 0.6 is 22.6 Å². The molecular formula is C13H15IO3. The molecule has 0 aliphatic heterocycles. The van der Waals surface area contributed by atoms with Crippen LogP contribution in [0.25, 0.3) is 0 Å². The Morgan fingerprint density at radius 2 is 1.88 bits per heavy atom. The summed E-state index contributed by atoms with van der Waals surface area (Å²) in [7, 11) is 0. The van der Waals surface area contributed by atoms with Crippen LogP contribution in [0.15, 0.2) is 24.3 Å². The van der Waals surface area contributed by atoms with Crippen molar-refractivity contribution in [1.29, 1.82) is 0 Å². The summed E-state index contributed by atoms with van der Waals surface area (Å²) in [5.41, 5.74) is 0.593. The van der Waals surface area contributed by atoms with Crippen molar-refractivity contribution in [3.05, 3.63) is 33.4 Å². The fraction of sp³-hybridized carbons (Fsp3) is 0.385. The lowest BCUT2D eigenvalue weighted by Gasteiger charge is -2.02. The van der Waals surface area contributed by atoms with Gasteiger partial charge in [-0.15, -0.1) is 0 Å². The minimum Gasteiger partial charge on any atom is -0.381 e. The number of Topliss-reactive ketones (excluding diaryl/α,β-unsaturated/α-hetero) is 2. The second-order valence-corrected chi connectivity index (χ2v) is 4.84. The van der Waals surface area contributed by atoms with E-state index >= 15 is 0 Å². The highest BCUT2D eigenvalue weighted by Crippen LogP contribution is 2.09. The predicted octanol–water partition coefficient (Wildman–Crippen LogP) is 2.86. The normalized spacial score (nSPS) is 10.2. The molecule has 0 saturated heterocycles. The van der Waals surface area contributed by atoms with Crippen LogP contribution < -0.4 is 0 Å². The molecule has 17 heavy (non-hydrogen) atoms. The Bertz CT molecular complexity index is 384. The summed E-state index contributed by atoms with van der Waals surface area (Å²) in [5.74, 6) is -0.190. The second-order valence-electron chi connectivity index (χ2n) is 3.59. The summed E-state index contributed by atoms with van der Waals surface area (Å²) in [6, 6.07) is 7.22. The van der Waals surface area contributed by atoms with E-state index < -0.39 is 0 Å². The lowest BCUT2D eigenvalue weighted by molar-refractivity contribution is -0.119. The number of ether oxygens (including phenoxy) is 1. The molecule has 0 aromatic heterocycles. The van der Waals surface area contributed by atoms with Crippen LogP contribution in [0.3, 0.4) is 0 Å². The molecule has 1 aromatic rings. The molecule has 0 aliphatic rings. The largest absolute Gasteiger partial charge is 0.381 e. The molecule has 0 unspecified atom stereocenters. The zero-order valence-corrected chi connectivity index (χ0v) is 11.9. The van der Waals surface area contributed by atoms with E-state index in [1.54, 1.807) is 12.1 Å². The van der Waals surface area contributed by atoms with Crippen LogP contribution in [0.5, 0.6) is 0 Å². The van der Waals surface area contributed by atoms with Gasteiger partial charge in [-0.1, -0.05) is 12.1 Å². The molecule has 92 valence electrons. The van der Waals surface area contributed by atoms with Crippen LogP contribution in [-0.4, -0.2) is 24.8 Å². The molecule has 0 atom stereocenters. The topological polar surface area (TPSA) is 43.4 Å². The van der Waals surface area contributed by atoms with Gasteiger partial charge in [0.2, 0.25) is 0 Å². The standard InChI is InChI=1S/C13H15IO3/c1-2-17-8-7-12(15)9-13(16)10-3-5-11(14)6-4-10/h3-6H,2,7-9H2,1H3. The second kappa shape index (κ2) is 7.55. The fourth-order valence-electron chi connectivity index (χ4n) is 1.34. The van der Waals surface area contributed by atoms with E-state index in [2.05, 4.69) is 22.6 Å². The Morgan fingerprint density at radius 1 is 1.24 bits per heavy atom. The Balaban J connectivity index is 2.43. The maximum Gasteiger partial charge on any atom is 0.170 e. The van der Waals surface area contributed by atoms with Gasteiger partial charge in [0.15, 0.2) is 5.78 Å². The van der Waals surface area contributed by atoms with E-state index in [0.29, 0.717) is 25.2 Å². The van der Waals surface area contributed by atoms with Crippen molar-refractivity contribution in [1.82, 2.24) is 0 Å². The van der Waals surface area contributed by atoms with E-state index in [0.717, 1.165) is 3.57 Å². The third-order valence-corrected chi connectivity index (χ3v) is 2.97. The van der Waals surface area contributed by atoms with Crippen molar-refractivity contribution in [3.63, 3.8) is 0 Å². The van der Waals surface area contributed by atoms with Crippen LogP contribution in [0, 0.1) is 3.57 Å². The SMILES string of the molecule is CCOCCC(=O)CC(=O)c1ccc(I)cc1. The molecule has 0 saturated carbocycles. The number of rotatable bonds is 7. The van der Waals surface area contributed by atoms with Crippen molar-refractivity contribution in [2.24, 2.45) is 0 Å². The molecule has 0 N–H and O–H groups in total. The molecule has 0 fully saturated rings. The summed E-state index contributed by atoms with van der Waals surface area (Å²) in [5, 5.41) is 0. The Morgan fingerprint density at radius 3 is 2.47 bits per heavy atom. The zero-order chi connectivity index (χ0) is 12.7. The first-order valence-corrected chi connectivity index (χ1v) is 6.59. The molecule has 0 heterocycles. The van der Waals surface area contributed by atoms with Crippen molar-refractivity contribution in [2.45, 2.75) is 19.8 Å². The maximum absolute atomic E-state index is 11.7. The molecule has 0 radical (unpaired) electrons. The Kier molecular flexibility index (Phi) is 6.36. The van der Waals surface area contributed by atoms with Crippen LogP contribution in [0.4, 0.5) is 0 Å². The Labute approximate surface area is 115 Å². The number of carbonyl (C=O) groups is 2. The number of carbonyl (C=O) groups excluding carboxylic acids is 2. The molecule has 0 amide bonds. The van der Waals surface area contributed by atoms with Gasteiger partial charge in [0, 0.05) is 22.2 Å². The minimum absolute atomic E-state index is 0.0341. The molecule has 0 bridgehead atoms. The molecule has 1 rings (SSSR count). The minimum atomic E-state index is -0.122. The first-order valence-electron chi connectivity index (χ1n) is 5.51. The monoisotopic (exact) mass is 346 g/mol. The van der Waals surface area contributed by atoms with Crippen molar-refractivity contribution in [2.75, 3.05) is 13.2 Å². The summed E-state index contributed by atoms with van der Waals surface area (Å²) < 4.78 is 6.15. The van der Waals surface area contributed by atoms with E-state index in [1.807, 2.05) is 19.1 Å². The van der Waals surface area contributed by atoms with Crippen molar-refractivity contribution in [3.8, 4) is 0 Å². The molecule has 0 spiro atoms. The van der Waals surface area contributed by atoms with Gasteiger partial charge in [0.25, 0.3) is 0 Å². The number of ketones is 2. The van der Waals surface area contributed by atoms with Crippen LogP contribution in [-0.2, 0) is 9.53 Å². The van der Waals surface area contributed by atoms with E-state index in [9.17, 15) is 9.59 Å².